The Labute approximate surface area is 76.0 Å². The van der Waals surface area contributed by atoms with E-state index in [4.69, 9.17) is 0 Å². The summed E-state index contributed by atoms with van der Waals surface area (Å²) < 4.78 is 0. The normalized spacial score (nSPS) is 12.5. The largest absolute Gasteiger partial charge is 0.388 e. The molecule has 0 saturated heterocycles. The Morgan fingerprint density at radius 2 is 2.15 bits per heavy atom. The molecular formula is C9H11NO3. The molecule has 1 N–H and O–H groups in total. The van der Waals surface area contributed by atoms with E-state index in [1.54, 1.807) is 25.1 Å². The molecule has 0 aromatic heterocycles. The zero-order valence-corrected chi connectivity index (χ0v) is 7.30. The van der Waals surface area contributed by atoms with Crippen LogP contribution in [-0.2, 0) is 0 Å². The summed E-state index contributed by atoms with van der Waals surface area (Å²) in [6.45, 7) is 1.78. The van der Waals surface area contributed by atoms with E-state index in [1.807, 2.05) is 0 Å². The van der Waals surface area contributed by atoms with Crippen LogP contribution in [0, 0.1) is 10.1 Å². The number of nitro groups is 1. The Kier molecular flexibility index (Phi) is 2.97. The van der Waals surface area contributed by atoms with Crippen molar-refractivity contribution in [3.63, 3.8) is 0 Å². The highest BCUT2D eigenvalue weighted by atomic mass is 16.6. The lowest BCUT2D eigenvalue weighted by Gasteiger charge is -2.07. The summed E-state index contributed by atoms with van der Waals surface area (Å²) in [6, 6.07) is 6.24. The average molecular weight is 181 g/mol. The van der Waals surface area contributed by atoms with E-state index in [2.05, 4.69) is 0 Å². The van der Waals surface area contributed by atoms with Gasteiger partial charge < -0.3 is 5.11 Å². The van der Waals surface area contributed by atoms with Gasteiger partial charge in [-0.25, -0.2) is 0 Å². The first-order valence-corrected chi connectivity index (χ1v) is 4.08. The molecule has 0 bridgehead atoms. The number of nitro benzene ring substituents is 1. The Morgan fingerprint density at radius 1 is 1.54 bits per heavy atom. The minimum atomic E-state index is -0.749. The van der Waals surface area contributed by atoms with Crippen LogP contribution in [0.3, 0.4) is 0 Å². The molecule has 4 heteroatoms. The van der Waals surface area contributed by atoms with Crippen LogP contribution in [0.4, 0.5) is 5.69 Å². The van der Waals surface area contributed by atoms with Gasteiger partial charge in [0.15, 0.2) is 0 Å². The molecule has 0 fully saturated rings. The van der Waals surface area contributed by atoms with Gasteiger partial charge in [-0.3, -0.25) is 10.1 Å². The minimum absolute atomic E-state index is 0.0168. The molecule has 0 aliphatic heterocycles. The van der Waals surface area contributed by atoms with Crippen LogP contribution >= 0.6 is 0 Å². The van der Waals surface area contributed by atoms with Crippen LogP contribution in [0.1, 0.15) is 25.0 Å². The lowest BCUT2D eigenvalue weighted by Crippen LogP contribution is -2.00. The molecule has 0 aliphatic carbocycles. The molecule has 4 nitrogen and oxygen atoms in total. The monoisotopic (exact) mass is 181 g/mol. The Morgan fingerprint density at radius 3 is 2.69 bits per heavy atom. The summed E-state index contributed by atoms with van der Waals surface area (Å²) in [7, 11) is 0. The number of para-hydroxylation sites is 1. The summed E-state index contributed by atoms with van der Waals surface area (Å²) >= 11 is 0. The molecule has 1 unspecified atom stereocenters. The van der Waals surface area contributed by atoms with Crippen LogP contribution in [0.2, 0.25) is 0 Å². The maximum absolute atomic E-state index is 10.5. The van der Waals surface area contributed by atoms with Crippen molar-refractivity contribution in [1.29, 1.82) is 0 Å². The highest BCUT2D eigenvalue weighted by Crippen LogP contribution is 2.26. The van der Waals surface area contributed by atoms with E-state index in [0.717, 1.165) is 0 Å². The molecule has 0 heterocycles. The molecule has 0 saturated carbocycles. The summed E-state index contributed by atoms with van der Waals surface area (Å²) in [5.41, 5.74) is 0.367. The van der Waals surface area contributed by atoms with Gasteiger partial charge in [0.25, 0.3) is 5.69 Å². The number of aliphatic hydroxyl groups is 1. The molecule has 1 aromatic rings. The topological polar surface area (TPSA) is 63.4 Å². The van der Waals surface area contributed by atoms with E-state index in [9.17, 15) is 15.2 Å². The van der Waals surface area contributed by atoms with Crippen molar-refractivity contribution in [2.75, 3.05) is 0 Å². The summed E-state index contributed by atoms with van der Waals surface area (Å²) in [6.07, 6.45) is -0.271. The first kappa shape index (κ1) is 9.67. The highest BCUT2D eigenvalue weighted by molar-refractivity contribution is 5.41. The molecule has 0 amide bonds. The SMILES string of the molecule is CCC(O)c1ccccc1[N+](=O)[O-]. The lowest BCUT2D eigenvalue weighted by molar-refractivity contribution is -0.386. The number of benzene rings is 1. The van der Waals surface area contributed by atoms with Crippen molar-refractivity contribution in [2.45, 2.75) is 19.4 Å². The van der Waals surface area contributed by atoms with Crippen molar-refractivity contribution < 1.29 is 10.0 Å². The van der Waals surface area contributed by atoms with Crippen molar-refractivity contribution in [3.8, 4) is 0 Å². The maximum atomic E-state index is 10.5. The third-order valence-electron chi connectivity index (χ3n) is 1.88. The van der Waals surface area contributed by atoms with Crippen molar-refractivity contribution in [2.24, 2.45) is 0 Å². The van der Waals surface area contributed by atoms with Gasteiger partial charge in [-0.1, -0.05) is 19.1 Å². The van der Waals surface area contributed by atoms with Crippen molar-refractivity contribution in [3.05, 3.63) is 39.9 Å². The molecule has 0 spiro atoms. The summed E-state index contributed by atoms with van der Waals surface area (Å²) in [5.74, 6) is 0. The zero-order valence-electron chi connectivity index (χ0n) is 7.30. The van der Waals surface area contributed by atoms with Crippen LogP contribution in [0.25, 0.3) is 0 Å². The Hall–Kier alpha value is -1.42. The van der Waals surface area contributed by atoms with Gasteiger partial charge in [0.1, 0.15) is 0 Å². The third-order valence-corrected chi connectivity index (χ3v) is 1.88. The summed E-state index contributed by atoms with van der Waals surface area (Å²) in [4.78, 5) is 10.1. The van der Waals surface area contributed by atoms with Crippen LogP contribution in [-0.4, -0.2) is 10.0 Å². The fourth-order valence-corrected chi connectivity index (χ4v) is 1.16. The van der Waals surface area contributed by atoms with Crippen molar-refractivity contribution in [1.82, 2.24) is 0 Å². The Bertz CT molecular complexity index is 311. The second kappa shape index (κ2) is 4.00. The maximum Gasteiger partial charge on any atom is 0.275 e. The first-order valence-electron chi connectivity index (χ1n) is 4.08. The van der Waals surface area contributed by atoms with Gasteiger partial charge in [0.2, 0.25) is 0 Å². The van der Waals surface area contributed by atoms with E-state index >= 15 is 0 Å². The van der Waals surface area contributed by atoms with Gasteiger partial charge in [-0.2, -0.15) is 0 Å². The number of hydrogen-bond acceptors (Lipinski definition) is 3. The van der Waals surface area contributed by atoms with E-state index in [1.165, 1.54) is 6.07 Å². The van der Waals surface area contributed by atoms with Gasteiger partial charge in [0.05, 0.1) is 16.6 Å². The van der Waals surface area contributed by atoms with Crippen LogP contribution in [0.15, 0.2) is 24.3 Å². The Balaban J connectivity index is 3.11. The molecule has 70 valence electrons. The number of aliphatic hydroxyl groups excluding tert-OH is 1. The lowest BCUT2D eigenvalue weighted by atomic mass is 10.1. The number of nitrogens with zero attached hydrogens (tertiary/aromatic N) is 1. The quantitative estimate of drug-likeness (QED) is 0.573. The zero-order chi connectivity index (χ0) is 9.84. The number of rotatable bonds is 3. The fraction of sp³-hybridized carbons (Fsp3) is 0.333. The number of hydrogen-bond donors (Lipinski definition) is 1. The van der Waals surface area contributed by atoms with Gasteiger partial charge in [-0.15, -0.1) is 0 Å². The summed E-state index contributed by atoms with van der Waals surface area (Å²) in [5, 5.41) is 20.0. The predicted octanol–water partition coefficient (Wildman–Crippen LogP) is 2.04. The second-order valence-electron chi connectivity index (χ2n) is 2.74. The minimum Gasteiger partial charge on any atom is -0.388 e. The van der Waals surface area contributed by atoms with Crippen LogP contribution in [0.5, 0.6) is 0 Å². The van der Waals surface area contributed by atoms with Crippen LogP contribution < -0.4 is 0 Å². The third kappa shape index (κ3) is 2.03. The second-order valence-corrected chi connectivity index (χ2v) is 2.74. The predicted molar refractivity (Wildman–Crippen MR) is 48.3 cm³/mol. The van der Waals surface area contributed by atoms with Gasteiger partial charge in [0, 0.05) is 6.07 Å². The van der Waals surface area contributed by atoms with E-state index in [-0.39, 0.29) is 5.69 Å². The highest BCUT2D eigenvalue weighted by Gasteiger charge is 2.17. The fourth-order valence-electron chi connectivity index (χ4n) is 1.16. The van der Waals surface area contributed by atoms with E-state index in [0.29, 0.717) is 12.0 Å². The standard InChI is InChI=1S/C9H11NO3/c1-2-9(11)7-5-3-4-6-8(7)10(12)13/h3-6,9,11H,2H2,1H3. The molecule has 13 heavy (non-hydrogen) atoms. The molecule has 0 aliphatic rings. The molecule has 1 atom stereocenters. The molecule has 1 rings (SSSR count). The molecular weight excluding hydrogens is 170 g/mol. The van der Waals surface area contributed by atoms with Gasteiger partial charge in [-0.05, 0) is 12.5 Å². The van der Waals surface area contributed by atoms with E-state index < -0.39 is 11.0 Å². The molecule has 1 aromatic carbocycles. The van der Waals surface area contributed by atoms with Crippen molar-refractivity contribution >= 4 is 5.69 Å². The average Bonchev–Trinajstić information content (AvgIpc) is 2.16. The van der Waals surface area contributed by atoms with Gasteiger partial charge >= 0.3 is 0 Å². The molecule has 0 radical (unpaired) electrons. The smallest absolute Gasteiger partial charge is 0.275 e. The first-order chi connectivity index (χ1) is 6.16.